The lowest BCUT2D eigenvalue weighted by molar-refractivity contribution is 0.308. The molecular weight excluding hydrogens is 410 g/mol. The van der Waals surface area contributed by atoms with Crippen molar-refractivity contribution in [3.05, 3.63) is 41.2 Å². The Morgan fingerprint density at radius 2 is 2.07 bits per heavy atom. The summed E-state index contributed by atoms with van der Waals surface area (Å²) in [5.74, 6) is 1.26. The second-order valence-corrected chi connectivity index (χ2v) is 10.4. The minimum absolute atomic E-state index is 0.0688. The topological polar surface area (TPSA) is 106 Å². The molecule has 4 rings (SSSR count). The van der Waals surface area contributed by atoms with Gasteiger partial charge in [0.15, 0.2) is 10.2 Å². The third kappa shape index (κ3) is 4.31. The van der Waals surface area contributed by atoms with E-state index in [0.29, 0.717) is 24.7 Å². The van der Waals surface area contributed by atoms with Crippen molar-refractivity contribution >= 4 is 32.3 Å². The van der Waals surface area contributed by atoms with Crippen LogP contribution in [0.5, 0.6) is 0 Å². The Hall–Kier alpha value is -2.37. The quantitative estimate of drug-likeness (QED) is 0.659. The van der Waals surface area contributed by atoms with Gasteiger partial charge in [-0.05, 0) is 26.7 Å². The van der Waals surface area contributed by atoms with E-state index in [4.69, 9.17) is 0 Å². The lowest BCUT2D eigenvalue weighted by Gasteiger charge is -2.30. The van der Waals surface area contributed by atoms with E-state index in [2.05, 4.69) is 25.3 Å². The van der Waals surface area contributed by atoms with Crippen LogP contribution in [0.15, 0.2) is 29.8 Å². The molecule has 1 atom stereocenters. The van der Waals surface area contributed by atoms with Crippen LogP contribution < -0.4 is 5.32 Å². The maximum absolute atomic E-state index is 12.9. The summed E-state index contributed by atoms with van der Waals surface area (Å²) < 4.78 is 29.0. The molecule has 1 saturated heterocycles. The van der Waals surface area contributed by atoms with E-state index in [1.54, 1.807) is 23.0 Å². The highest BCUT2D eigenvalue weighted by Gasteiger charge is 2.33. The molecule has 4 heterocycles. The molecule has 154 valence electrons. The van der Waals surface area contributed by atoms with Crippen molar-refractivity contribution in [2.24, 2.45) is 7.05 Å². The van der Waals surface area contributed by atoms with Crippen LogP contribution in [-0.2, 0) is 17.1 Å². The van der Waals surface area contributed by atoms with E-state index in [1.807, 2.05) is 26.1 Å². The van der Waals surface area contributed by atoms with Crippen LogP contribution >= 0.6 is 11.3 Å². The molecule has 3 aromatic heterocycles. The molecule has 1 N–H and O–H groups in total. The van der Waals surface area contributed by atoms with Crippen molar-refractivity contribution in [1.82, 2.24) is 28.8 Å². The van der Waals surface area contributed by atoms with Crippen LogP contribution in [0.4, 0.5) is 10.9 Å². The number of imidazole rings is 1. The summed E-state index contributed by atoms with van der Waals surface area (Å²) in [5, 5.41) is 4.08. The minimum atomic E-state index is -3.63. The number of rotatable bonds is 5. The summed E-state index contributed by atoms with van der Waals surface area (Å²) in [6, 6.07) is 1.87. The van der Waals surface area contributed by atoms with Crippen LogP contribution in [-0.4, -0.2) is 50.3 Å². The van der Waals surface area contributed by atoms with Crippen molar-refractivity contribution < 1.29 is 8.42 Å². The molecule has 29 heavy (non-hydrogen) atoms. The van der Waals surface area contributed by atoms with Gasteiger partial charge in [0.1, 0.15) is 11.6 Å². The third-order valence-corrected chi connectivity index (χ3v) is 7.34. The maximum atomic E-state index is 12.9. The predicted molar refractivity (Wildman–Crippen MR) is 111 cm³/mol. The van der Waals surface area contributed by atoms with Gasteiger partial charge in [0.25, 0.3) is 10.0 Å². The molecule has 1 aliphatic rings. The molecular formula is C18H23N7O2S2. The first kappa shape index (κ1) is 19.9. The standard InChI is InChI=1S/C18H23N7O2S2/c1-12-7-15(23-18-19-8-13(2)28-18)22-17(21-12)14-5-4-6-25(9-14)29(26,27)16-10-24(3)11-20-16/h7-8,10-11,14H,4-6,9H2,1-3H3,(H,19,21,22,23). The molecule has 1 aliphatic heterocycles. The molecule has 0 spiro atoms. The second-order valence-electron chi connectivity index (χ2n) is 7.23. The largest absolute Gasteiger partial charge is 0.339 e. The predicted octanol–water partition coefficient (Wildman–Crippen LogP) is 2.60. The van der Waals surface area contributed by atoms with Crippen molar-refractivity contribution in [3.63, 3.8) is 0 Å². The van der Waals surface area contributed by atoms with E-state index in [-0.39, 0.29) is 10.9 Å². The normalized spacial score (nSPS) is 18.1. The minimum Gasteiger partial charge on any atom is -0.339 e. The summed E-state index contributed by atoms with van der Waals surface area (Å²) >= 11 is 1.55. The van der Waals surface area contributed by atoms with Crippen LogP contribution in [0, 0.1) is 13.8 Å². The van der Waals surface area contributed by atoms with Crippen molar-refractivity contribution in [3.8, 4) is 0 Å². The van der Waals surface area contributed by atoms with Crippen LogP contribution in [0.25, 0.3) is 0 Å². The lowest BCUT2D eigenvalue weighted by Crippen LogP contribution is -2.39. The molecule has 11 heteroatoms. The van der Waals surface area contributed by atoms with E-state index >= 15 is 0 Å². The smallest absolute Gasteiger partial charge is 0.262 e. The average Bonchev–Trinajstić information content (AvgIpc) is 3.30. The Balaban J connectivity index is 1.56. The zero-order chi connectivity index (χ0) is 20.6. The highest BCUT2D eigenvalue weighted by atomic mass is 32.2. The summed E-state index contributed by atoms with van der Waals surface area (Å²) in [4.78, 5) is 18.7. The number of nitrogens with zero attached hydrogens (tertiary/aromatic N) is 6. The van der Waals surface area contributed by atoms with Crippen LogP contribution in [0.1, 0.15) is 35.2 Å². The van der Waals surface area contributed by atoms with E-state index in [1.165, 1.54) is 16.8 Å². The number of piperidine rings is 1. The second kappa shape index (κ2) is 7.81. The number of aromatic nitrogens is 5. The van der Waals surface area contributed by atoms with Gasteiger partial charge in [0.05, 0.1) is 6.33 Å². The van der Waals surface area contributed by atoms with E-state index in [0.717, 1.165) is 28.5 Å². The van der Waals surface area contributed by atoms with Gasteiger partial charge < -0.3 is 9.88 Å². The van der Waals surface area contributed by atoms with Gasteiger partial charge in [0.2, 0.25) is 0 Å². The monoisotopic (exact) mass is 433 g/mol. The Labute approximate surface area is 173 Å². The number of sulfonamides is 1. The van der Waals surface area contributed by atoms with Crippen LogP contribution in [0.2, 0.25) is 0 Å². The first-order chi connectivity index (χ1) is 13.8. The molecule has 0 aliphatic carbocycles. The number of aryl methyl sites for hydroxylation is 3. The lowest BCUT2D eigenvalue weighted by atomic mass is 9.99. The summed E-state index contributed by atoms with van der Waals surface area (Å²) in [7, 11) is -1.87. The fourth-order valence-corrected chi connectivity index (χ4v) is 5.55. The van der Waals surface area contributed by atoms with Crippen molar-refractivity contribution in [2.45, 2.75) is 37.6 Å². The van der Waals surface area contributed by atoms with Crippen LogP contribution in [0.3, 0.4) is 0 Å². The van der Waals surface area contributed by atoms with Gasteiger partial charge >= 0.3 is 0 Å². The fraction of sp³-hybridized carbons (Fsp3) is 0.444. The molecule has 9 nitrogen and oxygen atoms in total. The Bertz CT molecular complexity index is 1120. The summed E-state index contributed by atoms with van der Waals surface area (Å²) in [5.41, 5.74) is 0.829. The molecule has 0 aromatic carbocycles. The number of hydrogen-bond acceptors (Lipinski definition) is 8. The highest BCUT2D eigenvalue weighted by Crippen LogP contribution is 2.29. The molecule has 3 aromatic rings. The van der Waals surface area contributed by atoms with Crippen molar-refractivity contribution in [1.29, 1.82) is 0 Å². The third-order valence-electron chi connectivity index (χ3n) is 4.76. The molecule has 1 fully saturated rings. The zero-order valence-corrected chi connectivity index (χ0v) is 18.2. The molecule has 0 saturated carbocycles. The van der Waals surface area contributed by atoms with Gasteiger partial charge in [0, 0.05) is 55.1 Å². The summed E-state index contributed by atoms with van der Waals surface area (Å²) in [6.07, 6.45) is 6.43. The fourth-order valence-electron chi connectivity index (χ4n) is 3.39. The average molecular weight is 434 g/mol. The van der Waals surface area contributed by atoms with Crippen molar-refractivity contribution in [2.75, 3.05) is 18.4 Å². The Kier molecular flexibility index (Phi) is 5.36. The number of nitrogens with one attached hydrogen (secondary N) is 1. The number of hydrogen-bond donors (Lipinski definition) is 1. The first-order valence-corrected chi connectivity index (χ1v) is 11.6. The number of anilines is 2. The first-order valence-electron chi connectivity index (χ1n) is 9.34. The SMILES string of the molecule is Cc1cc(Nc2ncc(C)s2)nc(C2CCCN(S(=O)(=O)c3cn(C)cn3)C2)n1. The zero-order valence-electron chi connectivity index (χ0n) is 16.5. The van der Waals surface area contributed by atoms with E-state index in [9.17, 15) is 8.42 Å². The summed E-state index contributed by atoms with van der Waals surface area (Å²) in [6.45, 7) is 4.73. The Morgan fingerprint density at radius 3 is 2.76 bits per heavy atom. The van der Waals surface area contributed by atoms with E-state index < -0.39 is 10.0 Å². The maximum Gasteiger partial charge on any atom is 0.262 e. The number of thiazole rings is 1. The Morgan fingerprint density at radius 1 is 1.24 bits per heavy atom. The molecule has 0 radical (unpaired) electrons. The van der Waals surface area contributed by atoms with Gasteiger partial charge in [-0.25, -0.2) is 28.4 Å². The van der Waals surface area contributed by atoms with Gasteiger partial charge in [-0.15, -0.1) is 11.3 Å². The van der Waals surface area contributed by atoms with Gasteiger partial charge in [-0.1, -0.05) is 0 Å². The molecule has 0 bridgehead atoms. The van der Waals surface area contributed by atoms with Gasteiger partial charge in [-0.3, -0.25) is 0 Å². The molecule has 0 amide bonds. The highest BCUT2D eigenvalue weighted by molar-refractivity contribution is 7.89. The molecule has 1 unspecified atom stereocenters. The van der Waals surface area contributed by atoms with Gasteiger partial charge in [-0.2, -0.15) is 4.31 Å².